The largest absolute Gasteiger partial charge is 0.368 e. The predicted octanol–water partition coefficient (Wildman–Crippen LogP) is 1.85. The van der Waals surface area contributed by atoms with Crippen LogP contribution in [0.2, 0.25) is 0 Å². The number of piperidine rings is 1. The normalized spacial score (nSPS) is 16.1. The minimum atomic E-state index is 0.414. The highest BCUT2D eigenvalue weighted by Crippen LogP contribution is 2.27. The molecule has 6 heteroatoms. The van der Waals surface area contributed by atoms with Crippen LogP contribution >= 0.6 is 0 Å². The highest BCUT2D eigenvalue weighted by Gasteiger charge is 2.19. The Kier molecular flexibility index (Phi) is 2.48. The van der Waals surface area contributed by atoms with Crippen molar-refractivity contribution < 1.29 is 0 Å². The van der Waals surface area contributed by atoms with Crippen LogP contribution in [0.15, 0.2) is 24.3 Å². The Morgan fingerprint density at radius 1 is 1.00 bits per heavy atom. The van der Waals surface area contributed by atoms with Gasteiger partial charge in [-0.2, -0.15) is 0 Å². The molecule has 1 fully saturated rings. The summed E-state index contributed by atoms with van der Waals surface area (Å²) in [5, 5.41) is 8.25. The molecule has 3 aromatic rings. The van der Waals surface area contributed by atoms with E-state index in [2.05, 4.69) is 15.1 Å². The van der Waals surface area contributed by atoms with E-state index in [0.29, 0.717) is 5.95 Å². The molecule has 1 aliphatic rings. The molecule has 102 valence electrons. The van der Waals surface area contributed by atoms with Gasteiger partial charge in [0.25, 0.3) is 0 Å². The Labute approximate surface area is 116 Å². The molecule has 0 aliphatic carbocycles. The van der Waals surface area contributed by atoms with Crippen LogP contribution in [-0.4, -0.2) is 32.7 Å². The van der Waals surface area contributed by atoms with Crippen molar-refractivity contribution in [3.05, 3.63) is 24.3 Å². The molecule has 0 atom stereocenters. The molecule has 3 heterocycles. The van der Waals surface area contributed by atoms with Crippen molar-refractivity contribution in [3.63, 3.8) is 0 Å². The van der Waals surface area contributed by atoms with Gasteiger partial charge in [0.2, 0.25) is 11.6 Å². The molecule has 0 unspecified atom stereocenters. The van der Waals surface area contributed by atoms with Crippen LogP contribution in [0.1, 0.15) is 19.3 Å². The maximum Gasteiger partial charge on any atom is 0.227 e. The second-order valence-corrected chi connectivity index (χ2v) is 5.19. The zero-order valence-corrected chi connectivity index (χ0v) is 11.2. The van der Waals surface area contributed by atoms with Gasteiger partial charge in [-0.3, -0.25) is 4.40 Å². The van der Waals surface area contributed by atoms with Crippen LogP contribution in [0, 0.1) is 0 Å². The average Bonchev–Trinajstić information content (AvgIpc) is 2.90. The van der Waals surface area contributed by atoms with Crippen LogP contribution in [0.25, 0.3) is 16.7 Å². The monoisotopic (exact) mass is 268 g/mol. The Morgan fingerprint density at radius 3 is 2.65 bits per heavy atom. The summed E-state index contributed by atoms with van der Waals surface area (Å²) in [4.78, 5) is 7.08. The van der Waals surface area contributed by atoms with Gasteiger partial charge in [-0.25, -0.2) is 4.98 Å². The van der Waals surface area contributed by atoms with Crippen LogP contribution in [-0.2, 0) is 0 Å². The average molecular weight is 268 g/mol. The first kappa shape index (κ1) is 11.5. The number of nitrogen functional groups attached to an aromatic ring is 1. The second-order valence-electron chi connectivity index (χ2n) is 5.19. The number of rotatable bonds is 1. The van der Waals surface area contributed by atoms with Gasteiger partial charge in [-0.15, -0.1) is 10.2 Å². The first-order chi connectivity index (χ1) is 9.84. The molecule has 0 saturated carbocycles. The summed E-state index contributed by atoms with van der Waals surface area (Å²) in [5.41, 5.74) is 8.61. The summed E-state index contributed by atoms with van der Waals surface area (Å²) in [6, 6.07) is 7.96. The van der Waals surface area contributed by atoms with Crippen molar-refractivity contribution in [2.75, 3.05) is 23.7 Å². The van der Waals surface area contributed by atoms with Gasteiger partial charge in [0.15, 0.2) is 5.82 Å². The topological polar surface area (TPSA) is 72.3 Å². The molecule has 1 aliphatic heterocycles. The van der Waals surface area contributed by atoms with E-state index < -0.39 is 0 Å². The second kappa shape index (κ2) is 4.33. The number of nitrogens with two attached hydrogens (primary N) is 1. The highest BCUT2D eigenvalue weighted by molar-refractivity contribution is 5.84. The van der Waals surface area contributed by atoms with Gasteiger partial charge >= 0.3 is 0 Å². The van der Waals surface area contributed by atoms with E-state index in [0.717, 1.165) is 35.6 Å². The third-order valence-corrected chi connectivity index (χ3v) is 3.89. The maximum atomic E-state index is 5.98. The van der Waals surface area contributed by atoms with E-state index >= 15 is 0 Å². The number of benzene rings is 1. The standard InChI is InChI=1S/C14H16N6/c15-14-18-17-13-12(19-8-4-1-5-9-19)16-10-6-2-3-7-11(10)20(13)14/h2-3,6-7H,1,4-5,8-9H2,(H2,15,18). The zero-order chi connectivity index (χ0) is 13.5. The molecule has 2 aromatic heterocycles. The van der Waals surface area contributed by atoms with E-state index in [-0.39, 0.29) is 0 Å². The lowest BCUT2D eigenvalue weighted by molar-refractivity contribution is 0.574. The summed E-state index contributed by atoms with van der Waals surface area (Å²) in [6.07, 6.45) is 3.68. The van der Waals surface area contributed by atoms with Gasteiger partial charge in [0.05, 0.1) is 11.0 Å². The molecule has 6 nitrogen and oxygen atoms in total. The molecule has 1 saturated heterocycles. The number of hydrogen-bond donors (Lipinski definition) is 1. The quantitative estimate of drug-likeness (QED) is 0.729. The third kappa shape index (κ3) is 1.61. The molecule has 2 N–H and O–H groups in total. The van der Waals surface area contributed by atoms with Crippen molar-refractivity contribution in [1.29, 1.82) is 0 Å². The fourth-order valence-corrected chi connectivity index (χ4v) is 2.91. The molecule has 0 radical (unpaired) electrons. The van der Waals surface area contributed by atoms with Gasteiger partial charge in [0, 0.05) is 13.1 Å². The molecule has 0 bridgehead atoms. The van der Waals surface area contributed by atoms with Gasteiger partial charge in [-0.05, 0) is 31.4 Å². The van der Waals surface area contributed by atoms with Crippen molar-refractivity contribution >= 4 is 28.4 Å². The van der Waals surface area contributed by atoms with Gasteiger partial charge < -0.3 is 10.6 Å². The predicted molar refractivity (Wildman–Crippen MR) is 78.8 cm³/mol. The number of anilines is 2. The lowest BCUT2D eigenvalue weighted by atomic mass is 10.1. The van der Waals surface area contributed by atoms with E-state index in [9.17, 15) is 0 Å². The fraction of sp³-hybridized carbons (Fsp3) is 0.357. The van der Waals surface area contributed by atoms with E-state index in [1.54, 1.807) is 0 Å². The van der Waals surface area contributed by atoms with Gasteiger partial charge in [0.1, 0.15) is 0 Å². The van der Waals surface area contributed by atoms with Crippen LogP contribution in [0.5, 0.6) is 0 Å². The van der Waals surface area contributed by atoms with Crippen molar-refractivity contribution in [2.24, 2.45) is 0 Å². The van der Waals surface area contributed by atoms with Gasteiger partial charge in [-0.1, -0.05) is 12.1 Å². The van der Waals surface area contributed by atoms with E-state index in [1.165, 1.54) is 19.3 Å². The first-order valence-electron chi connectivity index (χ1n) is 6.99. The summed E-state index contributed by atoms with van der Waals surface area (Å²) in [5.74, 6) is 1.31. The SMILES string of the molecule is Nc1nnc2c(N3CCCCC3)nc3ccccc3n12. The van der Waals surface area contributed by atoms with Crippen LogP contribution in [0.3, 0.4) is 0 Å². The highest BCUT2D eigenvalue weighted by atomic mass is 15.3. The number of para-hydroxylation sites is 2. The summed E-state index contributed by atoms with van der Waals surface area (Å²) in [6.45, 7) is 2.04. The Balaban J connectivity index is 2.03. The molecule has 1 aromatic carbocycles. The Hall–Kier alpha value is -2.37. The summed E-state index contributed by atoms with van der Waals surface area (Å²) in [7, 11) is 0. The summed E-state index contributed by atoms with van der Waals surface area (Å²) >= 11 is 0. The molecule has 4 rings (SSSR count). The molecule has 0 amide bonds. The molecular weight excluding hydrogens is 252 g/mol. The first-order valence-corrected chi connectivity index (χ1v) is 6.99. The lowest BCUT2D eigenvalue weighted by Crippen LogP contribution is -2.30. The Bertz CT molecular complexity index is 772. The molecular formula is C14H16N6. The minimum absolute atomic E-state index is 0.414. The van der Waals surface area contributed by atoms with Crippen LogP contribution < -0.4 is 10.6 Å². The maximum absolute atomic E-state index is 5.98. The van der Waals surface area contributed by atoms with Crippen LogP contribution in [0.4, 0.5) is 11.8 Å². The molecule has 20 heavy (non-hydrogen) atoms. The Morgan fingerprint density at radius 2 is 1.80 bits per heavy atom. The summed E-state index contributed by atoms with van der Waals surface area (Å²) < 4.78 is 1.90. The number of fused-ring (bicyclic) bond motifs is 3. The smallest absolute Gasteiger partial charge is 0.227 e. The van der Waals surface area contributed by atoms with Crippen molar-refractivity contribution in [2.45, 2.75) is 19.3 Å². The fourth-order valence-electron chi connectivity index (χ4n) is 2.91. The van der Waals surface area contributed by atoms with Crippen molar-refractivity contribution in [3.8, 4) is 0 Å². The zero-order valence-electron chi connectivity index (χ0n) is 11.2. The molecule has 0 spiro atoms. The van der Waals surface area contributed by atoms with E-state index in [1.807, 2.05) is 28.7 Å². The number of nitrogens with zero attached hydrogens (tertiary/aromatic N) is 5. The number of aromatic nitrogens is 4. The van der Waals surface area contributed by atoms with E-state index in [4.69, 9.17) is 10.7 Å². The van der Waals surface area contributed by atoms with Crippen molar-refractivity contribution in [1.82, 2.24) is 19.6 Å². The minimum Gasteiger partial charge on any atom is -0.368 e. The third-order valence-electron chi connectivity index (χ3n) is 3.89. The lowest BCUT2D eigenvalue weighted by Gasteiger charge is -2.28. The number of hydrogen-bond acceptors (Lipinski definition) is 5.